The van der Waals surface area contributed by atoms with Crippen LogP contribution in [0.4, 0.5) is 10.5 Å². The lowest BCUT2D eigenvalue weighted by Crippen LogP contribution is -2.29. The Morgan fingerprint density at radius 2 is 1.74 bits per heavy atom. The molecule has 35 heavy (non-hydrogen) atoms. The number of thioether (sulfide) groups is 1. The molecule has 1 saturated heterocycles. The summed E-state index contributed by atoms with van der Waals surface area (Å²) in [5.41, 5.74) is 5.32. The number of nitrogens with zero attached hydrogens (tertiary/aromatic N) is 3. The van der Waals surface area contributed by atoms with Gasteiger partial charge in [-0.15, -0.1) is 4.68 Å². The van der Waals surface area contributed by atoms with Gasteiger partial charge in [-0.25, -0.2) is 4.79 Å². The number of carbonyl (C=O) groups excluding carboxylic acids is 1. The first-order chi connectivity index (χ1) is 17.0. The molecular weight excluding hydrogens is 456 g/mol. The Balaban J connectivity index is 1.59. The van der Waals surface area contributed by atoms with E-state index in [1.165, 1.54) is 11.8 Å². The van der Waals surface area contributed by atoms with Gasteiger partial charge in [0.1, 0.15) is 10.7 Å². The van der Waals surface area contributed by atoms with Crippen LogP contribution in [0.3, 0.4) is 0 Å². The number of hydrogen-bond donors (Lipinski definition) is 1. The molecular formula is C28H27N4O2S+. The Labute approximate surface area is 209 Å². The number of ether oxygens (including phenoxy) is 1. The van der Waals surface area contributed by atoms with Crippen LogP contribution in [0, 0.1) is 0 Å². The molecule has 0 aromatic heterocycles. The number of hydrogen-bond acceptors (Lipinski definition) is 5. The van der Waals surface area contributed by atoms with Crippen LogP contribution < -0.4 is 15.0 Å². The average molecular weight is 484 g/mol. The van der Waals surface area contributed by atoms with Crippen molar-refractivity contribution in [1.29, 1.82) is 0 Å². The minimum absolute atomic E-state index is 0.0513. The Hall–Kier alpha value is -3.84. The van der Waals surface area contributed by atoms with Crippen LogP contribution in [0.25, 0.3) is 6.08 Å². The highest BCUT2D eigenvalue weighted by molar-refractivity contribution is 8.18. The zero-order valence-corrected chi connectivity index (χ0v) is 20.8. The number of rotatable bonds is 5. The summed E-state index contributed by atoms with van der Waals surface area (Å²) < 4.78 is 7.31. The minimum Gasteiger partial charge on any atom is -0.497 e. The molecule has 0 radical (unpaired) electrons. The van der Waals surface area contributed by atoms with Gasteiger partial charge in [0, 0.05) is 38.0 Å². The summed E-state index contributed by atoms with van der Waals surface area (Å²) in [4.78, 5) is 15.4. The Morgan fingerprint density at radius 1 is 1.03 bits per heavy atom. The molecule has 2 aliphatic rings. The smallest absolute Gasteiger partial charge is 0.372 e. The first-order valence-corrected chi connectivity index (χ1v) is 12.2. The van der Waals surface area contributed by atoms with E-state index < -0.39 is 0 Å². The van der Waals surface area contributed by atoms with Crippen LogP contribution in [0.2, 0.25) is 0 Å². The van der Waals surface area contributed by atoms with Crippen molar-refractivity contribution < 1.29 is 14.2 Å². The number of methoxy groups -OCH3 is 1. The van der Waals surface area contributed by atoms with Crippen LogP contribution in [-0.2, 0) is 0 Å². The number of anilines is 1. The van der Waals surface area contributed by atoms with Gasteiger partial charge in [-0.05, 0) is 47.0 Å². The SMILES string of the molecule is COc1ccc([C@@H]2CC(c3ccccc3)=N/[N+]2=C2\NC(=O)S\C2=C/c2ccc(N(C)C)cc2)cc1. The largest absolute Gasteiger partial charge is 0.497 e. The standard InChI is InChI=1S/C28H26N4O2S/c1-31(2)22-13-9-19(10-14-22)17-26-27(29-28(33)35-26)32-25(21-11-15-23(34-3)16-12-21)18-24(30-32)20-7-5-4-6-8-20/h4-17,25H,18H2,1-3H3/p+1/b26-17-/t25-/m0/s1. The third kappa shape index (κ3) is 4.86. The molecule has 3 aromatic rings. The van der Waals surface area contributed by atoms with Crippen molar-refractivity contribution in [2.24, 2.45) is 5.10 Å². The molecule has 3 aromatic carbocycles. The van der Waals surface area contributed by atoms with Crippen LogP contribution >= 0.6 is 11.8 Å². The van der Waals surface area contributed by atoms with E-state index >= 15 is 0 Å². The summed E-state index contributed by atoms with van der Waals surface area (Å²) in [7, 11) is 5.70. The normalized spacial score (nSPS) is 20.7. The van der Waals surface area contributed by atoms with E-state index in [9.17, 15) is 4.79 Å². The monoisotopic (exact) mass is 483 g/mol. The van der Waals surface area contributed by atoms with Gasteiger partial charge < -0.3 is 9.64 Å². The van der Waals surface area contributed by atoms with Gasteiger partial charge in [0.05, 0.1) is 12.8 Å². The van der Waals surface area contributed by atoms with Crippen molar-refractivity contribution >= 4 is 40.3 Å². The van der Waals surface area contributed by atoms with Gasteiger partial charge in [0.2, 0.25) is 0 Å². The first-order valence-electron chi connectivity index (χ1n) is 11.4. The lowest BCUT2D eigenvalue weighted by molar-refractivity contribution is -0.568. The number of nitrogens with one attached hydrogen (secondary N) is 1. The molecule has 6 nitrogen and oxygen atoms in total. The second kappa shape index (κ2) is 9.80. The van der Waals surface area contributed by atoms with Crippen LogP contribution in [0.1, 0.15) is 29.2 Å². The molecule has 2 heterocycles. The maximum absolute atomic E-state index is 12.5. The van der Waals surface area contributed by atoms with E-state index in [-0.39, 0.29) is 11.3 Å². The molecule has 176 valence electrons. The highest BCUT2D eigenvalue weighted by Crippen LogP contribution is 2.35. The molecule has 2 aliphatic heterocycles. The van der Waals surface area contributed by atoms with E-state index in [1.807, 2.05) is 55.2 Å². The molecule has 0 unspecified atom stereocenters. The Kier molecular flexibility index (Phi) is 6.42. The topological polar surface area (TPSA) is 56.9 Å². The minimum atomic E-state index is -0.104. The molecule has 0 saturated carbocycles. The summed E-state index contributed by atoms with van der Waals surface area (Å²) in [6.45, 7) is 0. The fourth-order valence-electron chi connectivity index (χ4n) is 4.23. The molecule has 1 atom stereocenters. The zero-order valence-electron chi connectivity index (χ0n) is 19.9. The second-order valence-corrected chi connectivity index (χ2v) is 9.62. The van der Waals surface area contributed by atoms with Crippen LogP contribution in [-0.4, -0.2) is 42.7 Å². The van der Waals surface area contributed by atoms with E-state index in [1.54, 1.807) is 7.11 Å². The fraction of sp³-hybridized carbons (Fsp3) is 0.179. The van der Waals surface area contributed by atoms with E-state index in [2.05, 4.69) is 58.7 Å². The van der Waals surface area contributed by atoms with Gasteiger partial charge in [0.25, 0.3) is 0 Å². The molecule has 0 bridgehead atoms. The molecule has 1 amide bonds. The summed E-state index contributed by atoms with van der Waals surface area (Å²) in [5, 5.41) is 7.96. The van der Waals surface area contributed by atoms with Crippen molar-refractivity contribution in [3.05, 3.63) is 100 Å². The van der Waals surface area contributed by atoms with E-state index in [4.69, 9.17) is 9.84 Å². The van der Waals surface area contributed by atoms with Crippen molar-refractivity contribution in [2.45, 2.75) is 12.5 Å². The number of amidine groups is 1. The van der Waals surface area contributed by atoms with Gasteiger partial charge in [-0.3, -0.25) is 0 Å². The number of carbonyl (C=O) groups is 1. The van der Waals surface area contributed by atoms with Crippen LogP contribution in [0.15, 0.2) is 88.9 Å². The molecule has 1 fully saturated rings. The quantitative estimate of drug-likeness (QED) is 0.486. The number of hydrazone groups is 1. The van der Waals surface area contributed by atoms with Crippen molar-refractivity contribution in [3.8, 4) is 5.75 Å². The predicted octanol–water partition coefficient (Wildman–Crippen LogP) is 5.52. The van der Waals surface area contributed by atoms with Crippen molar-refractivity contribution in [2.75, 3.05) is 26.1 Å². The fourth-order valence-corrected chi connectivity index (χ4v) is 5.01. The van der Waals surface area contributed by atoms with Gasteiger partial charge in [-0.2, -0.15) is 5.32 Å². The van der Waals surface area contributed by atoms with Gasteiger partial charge >= 0.3 is 11.1 Å². The second-order valence-electron chi connectivity index (χ2n) is 8.61. The van der Waals surface area contributed by atoms with Crippen LogP contribution in [0.5, 0.6) is 5.75 Å². The zero-order chi connectivity index (χ0) is 24.4. The van der Waals surface area contributed by atoms with E-state index in [0.717, 1.165) is 45.2 Å². The lowest BCUT2D eigenvalue weighted by Gasteiger charge is -2.12. The number of benzene rings is 3. The number of amides is 1. The highest BCUT2D eigenvalue weighted by Gasteiger charge is 2.40. The highest BCUT2D eigenvalue weighted by atomic mass is 32.2. The van der Waals surface area contributed by atoms with Crippen molar-refractivity contribution in [3.63, 3.8) is 0 Å². The average Bonchev–Trinajstić information content (AvgIpc) is 3.48. The first kappa shape index (κ1) is 22.9. The third-order valence-electron chi connectivity index (χ3n) is 6.11. The summed E-state index contributed by atoms with van der Waals surface area (Å²) in [6.07, 6.45) is 2.77. The molecule has 0 spiro atoms. The lowest BCUT2D eigenvalue weighted by atomic mass is 9.99. The Morgan fingerprint density at radius 3 is 2.40 bits per heavy atom. The molecule has 7 heteroatoms. The third-order valence-corrected chi connectivity index (χ3v) is 6.93. The Bertz CT molecular complexity index is 1330. The molecule has 5 rings (SSSR count). The van der Waals surface area contributed by atoms with Gasteiger partial charge in [-0.1, -0.05) is 59.7 Å². The molecule has 0 aliphatic carbocycles. The van der Waals surface area contributed by atoms with Crippen molar-refractivity contribution in [1.82, 2.24) is 5.32 Å². The molecule has 1 N–H and O–H groups in total. The maximum atomic E-state index is 12.5. The van der Waals surface area contributed by atoms with E-state index in [0.29, 0.717) is 5.84 Å². The summed E-state index contributed by atoms with van der Waals surface area (Å²) in [5.74, 6) is 1.52. The van der Waals surface area contributed by atoms with Gasteiger partial charge in [0.15, 0.2) is 6.04 Å². The summed E-state index contributed by atoms with van der Waals surface area (Å²) >= 11 is 1.20. The maximum Gasteiger partial charge on any atom is 0.372 e. The summed E-state index contributed by atoms with van der Waals surface area (Å²) in [6, 6.07) is 26.5. The predicted molar refractivity (Wildman–Crippen MR) is 143 cm³/mol.